The van der Waals surface area contributed by atoms with Gasteiger partial charge >= 0.3 is 11.1 Å². The van der Waals surface area contributed by atoms with Crippen molar-refractivity contribution < 1.29 is 0 Å². The molecule has 1 rings (SSSR count). The van der Waals surface area contributed by atoms with Gasteiger partial charge < -0.3 is 5.73 Å². The van der Waals surface area contributed by atoms with E-state index in [0.29, 0.717) is 13.1 Å². The van der Waals surface area contributed by atoms with Crippen LogP contribution in [0.5, 0.6) is 0 Å². The molecule has 0 aliphatic heterocycles. The van der Waals surface area contributed by atoms with Crippen molar-refractivity contribution in [2.45, 2.75) is 6.54 Å². The number of aromatic nitrogens is 3. The Labute approximate surface area is 61.7 Å². The normalized spacial score (nSPS) is 9.91. The van der Waals surface area contributed by atoms with Gasteiger partial charge in [0.2, 0.25) is 0 Å². The Morgan fingerprint density at radius 1 is 1.64 bits per heavy atom. The number of hydrogen-bond acceptors (Lipinski definition) is 4. The summed E-state index contributed by atoms with van der Waals surface area (Å²) in [5.74, 6) is 0. The zero-order chi connectivity index (χ0) is 8.27. The van der Waals surface area contributed by atoms with Gasteiger partial charge in [-0.05, 0) is 0 Å². The van der Waals surface area contributed by atoms with Crippen LogP contribution < -0.4 is 16.9 Å². The lowest BCUT2D eigenvalue weighted by Gasteiger charge is -1.98. The highest BCUT2D eigenvalue weighted by atomic mass is 16.2. The lowest BCUT2D eigenvalue weighted by Crippen LogP contribution is -2.37. The molecule has 0 atom stereocenters. The van der Waals surface area contributed by atoms with Crippen LogP contribution in [0.25, 0.3) is 0 Å². The fraction of sp³-hybridized carbons (Fsp3) is 0.400. The largest absolute Gasteiger partial charge is 0.330 e. The third kappa shape index (κ3) is 1.53. The molecule has 6 nitrogen and oxygen atoms in total. The van der Waals surface area contributed by atoms with Crippen molar-refractivity contribution in [3.05, 3.63) is 27.0 Å². The second-order valence-electron chi connectivity index (χ2n) is 1.97. The first-order valence-corrected chi connectivity index (χ1v) is 3.10. The molecule has 0 radical (unpaired) electrons. The number of H-pyrrole nitrogens is 1. The van der Waals surface area contributed by atoms with Gasteiger partial charge in [0.1, 0.15) is 6.33 Å². The van der Waals surface area contributed by atoms with E-state index in [0.717, 1.165) is 0 Å². The highest BCUT2D eigenvalue weighted by Crippen LogP contribution is 1.67. The van der Waals surface area contributed by atoms with E-state index in [1.54, 1.807) is 0 Å². The minimum atomic E-state index is -0.721. The quantitative estimate of drug-likeness (QED) is 0.479. The van der Waals surface area contributed by atoms with Gasteiger partial charge in [-0.1, -0.05) is 0 Å². The summed E-state index contributed by atoms with van der Waals surface area (Å²) in [5.41, 5.74) is 3.84. The number of nitrogens with one attached hydrogen (secondary N) is 1. The smallest absolute Gasteiger partial charge is 0.329 e. The molecule has 0 saturated carbocycles. The van der Waals surface area contributed by atoms with Gasteiger partial charge in [-0.3, -0.25) is 14.2 Å². The second kappa shape index (κ2) is 3.11. The van der Waals surface area contributed by atoms with Gasteiger partial charge in [-0.25, -0.2) is 5.10 Å². The minimum absolute atomic E-state index is 0.311. The molecule has 1 heterocycles. The molecule has 0 amide bonds. The SMILES string of the molecule is NCCn1cn[nH]c(=O)c1=O. The predicted molar refractivity (Wildman–Crippen MR) is 38.2 cm³/mol. The first-order valence-electron chi connectivity index (χ1n) is 3.10. The van der Waals surface area contributed by atoms with Crippen molar-refractivity contribution in [2.75, 3.05) is 6.54 Å². The van der Waals surface area contributed by atoms with Crippen LogP contribution in [0.15, 0.2) is 15.9 Å². The van der Waals surface area contributed by atoms with Crippen molar-refractivity contribution in [3.63, 3.8) is 0 Å². The summed E-state index contributed by atoms with van der Waals surface area (Å²) in [6, 6.07) is 0. The number of hydrogen-bond donors (Lipinski definition) is 2. The van der Waals surface area contributed by atoms with Gasteiger partial charge in [0.05, 0.1) is 0 Å². The van der Waals surface area contributed by atoms with Gasteiger partial charge in [0.25, 0.3) is 0 Å². The molecule has 3 N–H and O–H groups in total. The average Bonchev–Trinajstić information content (AvgIpc) is 1.99. The van der Waals surface area contributed by atoms with E-state index in [4.69, 9.17) is 5.73 Å². The van der Waals surface area contributed by atoms with Gasteiger partial charge in [0.15, 0.2) is 0 Å². The summed E-state index contributed by atoms with van der Waals surface area (Å²) >= 11 is 0. The maximum atomic E-state index is 10.9. The Morgan fingerprint density at radius 3 is 3.00 bits per heavy atom. The van der Waals surface area contributed by atoms with Crippen LogP contribution in [-0.4, -0.2) is 21.3 Å². The van der Waals surface area contributed by atoms with Crippen LogP contribution in [0, 0.1) is 0 Å². The van der Waals surface area contributed by atoms with Crippen LogP contribution in [0.3, 0.4) is 0 Å². The Kier molecular flexibility index (Phi) is 2.17. The number of nitrogens with zero attached hydrogens (tertiary/aromatic N) is 2. The fourth-order valence-corrected chi connectivity index (χ4v) is 0.686. The molecule has 0 aliphatic carbocycles. The summed E-state index contributed by atoms with van der Waals surface area (Å²) in [5, 5.41) is 5.45. The summed E-state index contributed by atoms with van der Waals surface area (Å²) in [4.78, 5) is 21.5. The summed E-state index contributed by atoms with van der Waals surface area (Å²) in [6.07, 6.45) is 1.25. The third-order valence-corrected chi connectivity index (χ3v) is 1.19. The highest BCUT2D eigenvalue weighted by molar-refractivity contribution is 4.73. The second-order valence-corrected chi connectivity index (χ2v) is 1.97. The van der Waals surface area contributed by atoms with Crippen LogP contribution in [0.4, 0.5) is 0 Å². The molecule has 60 valence electrons. The van der Waals surface area contributed by atoms with Crippen molar-refractivity contribution in [1.82, 2.24) is 14.8 Å². The fourth-order valence-electron chi connectivity index (χ4n) is 0.686. The van der Waals surface area contributed by atoms with Crippen molar-refractivity contribution >= 4 is 0 Å². The average molecular weight is 156 g/mol. The van der Waals surface area contributed by atoms with Gasteiger partial charge in [-0.2, -0.15) is 5.10 Å². The van der Waals surface area contributed by atoms with Gasteiger partial charge in [0, 0.05) is 13.1 Å². The minimum Gasteiger partial charge on any atom is -0.329 e. The van der Waals surface area contributed by atoms with E-state index in [2.05, 4.69) is 5.10 Å². The van der Waals surface area contributed by atoms with E-state index in [1.165, 1.54) is 10.9 Å². The molecule has 0 bridgehead atoms. The molecule has 0 saturated heterocycles. The van der Waals surface area contributed by atoms with Crippen molar-refractivity contribution in [1.29, 1.82) is 0 Å². The Morgan fingerprint density at radius 2 is 2.36 bits per heavy atom. The van der Waals surface area contributed by atoms with E-state index in [-0.39, 0.29) is 0 Å². The molecule has 6 heteroatoms. The molecule has 1 aromatic heterocycles. The van der Waals surface area contributed by atoms with Crippen LogP contribution in [-0.2, 0) is 6.54 Å². The molecule has 11 heavy (non-hydrogen) atoms. The topological polar surface area (TPSA) is 93.8 Å². The first-order chi connectivity index (χ1) is 5.25. The number of aromatic amines is 1. The molecule has 0 unspecified atom stereocenters. The maximum Gasteiger partial charge on any atom is 0.330 e. The van der Waals surface area contributed by atoms with E-state index in [1.807, 2.05) is 5.10 Å². The lowest BCUT2D eigenvalue weighted by molar-refractivity contribution is 0.637. The molecule has 0 fully saturated rings. The van der Waals surface area contributed by atoms with Crippen LogP contribution in [0.2, 0.25) is 0 Å². The molecule has 0 aliphatic rings. The molecule has 0 spiro atoms. The van der Waals surface area contributed by atoms with Crippen LogP contribution >= 0.6 is 0 Å². The molecular weight excluding hydrogens is 148 g/mol. The molecular formula is C5H8N4O2. The standard InChI is InChI=1S/C5H8N4O2/c6-1-2-9-3-7-8-4(10)5(9)11/h3H,1-2,6H2,(H,8,10). The van der Waals surface area contributed by atoms with Gasteiger partial charge in [-0.15, -0.1) is 0 Å². The maximum absolute atomic E-state index is 10.9. The van der Waals surface area contributed by atoms with Crippen molar-refractivity contribution in [3.8, 4) is 0 Å². The third-order valence-electron chi connectivity index (χ3n) is 1.19. The number of rotatable bonds is 2. The Bertz CT molecular complexity index is 339. The predicted octanol–water partition coefficient (Wildman–Crippen LogP) is -2.11. The molecule has 0 aromatic carbocycles. The van der Waals surface area contributed by atoms with E-state index < -0.39 is 11.1 Å². The summed E-state index contributed by atoms with van der Waals surface area (Å²) in [6.45, 7) is 0.626. The lowest BCUT2D eigenvalue weighted by atomic mass is 10.6. The monoisotopic (exact) mass is 156 g/mol. The van der Waals surface area contributed by atoms with E-state index >= 15 is 0 Å². The summed E-state index contributed by atoms with van der Waals surface area (Å²) < 4.78 is 1.17. The summed E-state index contributed by atoms with van der Waals surface area (Å²) in [7, 11) is 0. The molecule has 1 aromatic rings. The number of nitrogens with two attached hydrogens (primary N) is 1. The first kappa shape index (κ1) is 7.67. The Hall–Kier alpha value is -1.43. The van der Waals surface area contributed by atoms with Crippen LogP contribution in [0.1, 0.15) is 0 Å². The van der Waals surface area contributed by atoms with E-state index in [9.17, 15) is 9.59 Å². The van der Waals surface area contributed by atoms with Crippen molar-refractivity contribution in [2.24, 2.45) is 5.73 Å². The zero-order valence-electron chi connectivity index (χ0n) is 5.78. The Balaban J connectivity index is 3.18. The zero-order valence-corrected chi connectivity index (χ0v) is 5.78. The highest BCUT2D eigenvalue weighted by Gasteiger charge is 1.96.